The average molecular weight is 479 g/mol. The van der Waals surface area contributed by atoms with Gasteiger partial charge in [-0.05, 0) is 37.1 Å². The number of hydrogen-bond donors (Lipinski definition) is 0. The second-order valence-corrected chi connectivity index (χ2v) is 6.30. The number of rotatable bonds is 4. The lowest BCUT2D eigenvalue weighted by Gasteiger charge is -2.29. The standard InChI is InChI=1S/C14H14BrIN3O3/c15-10-1-2-12(14(9-10)19(20)22-16)13-3-6-17-18(13)11-4-7-21-8-5-11/h1-3,6,9,11H,4-5,7-8H2/q-1. The number of anilines is 1. The van der Waals surface area contributed by atoms with E-state index in [0.717, 1.165) is 41.8 Å². The van der Waals surface area contributed by atoms with E-state index in [9.17, 15) is 5.21 Å². The summed E-state index contributed by atoms with van der Waals surface area (Å²) in [5.74, 6) is 0. The van der Waals surface area contributed by atoms with Gasteiger partial charge in [0, 0.05) is 29.4 Å². The van der Waals surface area contributed by atoms with Crippen LogP contribution in [0.25, 0.3) is 11.3 Å². The molecule has 0 spiro atoms. The molecule has 1 aromatic carbocycles. The van der Waals surface area contributed by atoms with Gasteiger partial charge in [0.1, 0.15) is 23.0 Å². The maximum Gasteiger partial charge on any atom is 0.144 e. The van der Waals surface area contributed by atoms with Crippen LogP contribution in [-0.4, -0.2) is 23.0 Å². The third kappa shape index (κ3) is 3.30. The van der Waals surface area contributed by atoms with E-state index in [-0.39, 0.29) is 6.04 Å². The SMILES string of the molecule is [O-]N(OI)c1cc(Br)ccc1-c1ccnn1C1CCOCC1. The lowest BCUT2D eigenvalue weighted by Crippen LogP contribution is -2.21. The van der Waals surface area contributed by atoms with E-state index >= 15 is 0 Å². The molecule has 0 amide bonds. The van der Waals surface area contributed by atoms with Crippen molar-refractivity contribution in [1.29, 1.82) is 0 Å². The number of hydrogen-bond acceptors (Lipinski definition) is 5. The molecule has 1 saturated heterocycles. The van der Waals surface area contributed by atoms with Gasteiger partial charge in [-0.25, -0.2) is 3.17 Å². The summed E-state index contributed by atoms with van der Waals surface area (Å²) in [7, 11) is 0. The van der Waals surface area contributed by atoms with E-state index in [2.05, 4.69) is 21.0 Å². The third-order valence-electron chi connectivity index (χ3n) is 3.70. The van der Waals surface area contributed by atoms with E-state index in [1.807, 2.05) is 22.9 Å². The fraction of sp³-hybridized carbons (Fsp3) is 0.357. The Balaban J connectivity index is 2.03. The molecule has 0 unspecified atom stereocenters. The Morgan fingerprint density at radius 1 is 1.36 bits per heavy atom. The number of nitrogens with zero attached hydrogens (tertiary/aromatic N) is 3. The largest absolute Gasteiger partial charge is 0.733 e. The second kappa shape index (κ2) is 7.26. The monoisotopic (exact) mass is 478 g/mol. The zero-order valence-electron chi connectivity index (χ0n) is 11.6. The van der Waals surface area contributed by atoms with Crippen LogP contribution >= 0.6 is 38.9 Å². The Kier molecular flexibility index (Phi) is 5.34. The molecular formula is C14H14BrIN3O3-. The Morgan fingerprint density at radius 3 is 2.86 bits per heavy atom. The van der Waals surface area contributed by atoms with Gasteiger partial charge in [-0.15, -0.1) is 0 Å². The van der Waals surface area contributed by atoms with Gasteiger partial charge < -0.3 is 15.2 Å². The molecule has 1 fully saturated rings. The molecule has 3 rings (SSSR count). The van der Waals surface area contributed by atoms with Crippen LogP contribution in [0.15, 0.2) is 34.9 Å². The van der Waals surface area contributed by atoms with E-state index in [0.29, 0.717) is 10.9 Å². The quantitative estimate of drug-likeness (QED) is 0.485. The highest BCUT2D eigenvalue weighted by atomic mass is 127. The number of ether oxygens (including phenoxy) is 1. The van der Waals surface area contributed by atoms with Crippen LogP contribution < -0.4 is 5.23 Å². The van der Waals surface area contributed by atoms with Crippen molar-refractivity contribution in [3.05, 3.63) is 40.1 Å². The predicted molar refractivity (Wildman–Crippen MR) is 95.4 cm³/mol. The van der Waals surface area contributed by atoms with Crippen molar-refractivity contribution in [2.45, 2.75) is 18.9 Å². The molecule has 0 aliphatic carbocycles. The van der Waals surface area contributed by atoms with Crippen molar-refractivity contribution >= 4 is 44.6 Å². The predicted octanol–water partition coefficient (Wildman–Crippen LogP) is 4.25. The number of aromatic nitrogens is 2. The van der Waals surface area contributed by atoms with E-state index in [1.165, 1.54) is 0 Å². The van der Waals surface area contributed by atoms with Crippen molar-refractivity contribution in [3.63, 3.8) is 0 Å². The Bertz CT molecular complexity index is 646. The first-order valence-electron chi connectivity index (χ1n) is 6.88. The summed E-state index contributed by atoms with van der Waals surface area (Å²) in [6.07, 6.45) is 3.60. The van der Waals surface area contributed by atoms with E-state index in [4.69, 9.17) is 7.90 Å². The summed E-state index contributed by atoms with van der Waals surface area (Å²) >= 11 is 4.96. The van der Waals surface area contributed by atoms with Crippen molar-refractivity contribution in [1.82, 2.24) is 9.78 Å². The maximum atomic E-state index is 12.0. The zero-order chi connectivity index (χ0) is 15.5. The highest BCUT2D eigenvalue weighted by Crippen LogP contribution is 2.36. The highest BCUT2D eigenvalue weighted by molar-refractivity contribution is 14.1. The molecular weight excluding hydrogens is 465 g/mol. The Hall–Kier alpha value is -0.680. The van der Waals surface area contributed by atoms with Gasteiger partial charge >= 0.3 is 0 Å². The lowest BCUT2D eigenvalue weighted by molar-refractivity contribution is 0.0667. The van der Waals surface area contributed by atoms with Crippen LogP contribution in [0.1, 0.15) is 18.9 Å². The van der Waals surface area contributed by atoms with Gasteiger partial charge in [0.05, 0.1) is 17.4 Å². The molecule has 22 heavy (non-hydrogen) atoms. The summed E-state index contributed by atoms with van der Waals surface area (Å²) < 4.78 is 13.0. The minimum Gasteiger partial charge on any atom is -0.733 e. The number of benzene rings is 1. The molecule has 6 nitrogen and oxygen atoms in total. The van der Waals surface area contributed by atoms with Crippen LogP contribution in [0.4, 0.5) is 5.69 Å². The summed E-state index contributed by atoms with van der Waals surface area (Å²) in [4.78, 5) is 0. The topological polar surface area (TPSA) is 62.6 Å². The summed E-state index contributed by atoms with van der Waals surface area (Å²) in [6, 6.07) is 7.75. The molecule has 8 heteroatoms. The van der Waals surface area contributed by atoms with Crippen molar-refractivity contribution in [2.75, 3.05) is 18.4 Å². The first kappa shape index (κ1) is 16.2. The van der Waals surface area contributed by atoms with Gasteiger partial charge in [0.2, 0.25) is 0 Å². The Labute approximate surface area is 150 Å². The van der Waals surface area contributed by atoms with Gasteiger partial charge in [-0.3, -0.25) is 4.68 Å². The van der Waals surface area contributed by atoms with Crippen molar-refractivity contribution in [2.24, 2.45) is 0 Å². The maximum absolute atomic E-state index is 12.0. The first-order chi connectivity index (χ1) is 10.7. The minimum absolute atomic E-state index is 0.288. The second-order valence-electron chi connectivity index (χ2n) is 4.99. The smallest absolute Gasteiger partial charge is 0.144 e. The molecule has 0 radical (unpaired) electrons. The van der Waals surface area contributed by atoms with Gasteiger partial charge in [0.15, 0.2) is 0 Å². The molecule has 1 aliphatic heterocycles. The van der Waals surface area contributed by atoms with Crippen LogP contribution in [0.5, 0.6) is 0 Å². The van der Waals surface area contributed by atoms with Crippen molar-refractivity contribution < 1.29 is 7.90 Å². The fourth-order valence-electron chi connectivity index (χ4n) is 2.66. The molecule has 2 heterocycles. The number of halogens is 2. The minimum atomic E-state index is 0.288. The zero-order valence-corrected chi connectivity index (χ0v) is 15.4. The van der Waals surface area contributed by atoms with Crippen LogP contribution in [0.3, 0.4) is 0 Å². The molecule has 0 N–H and O–H groups in total. The molecule has 1 aromatic heterocycles. The Morgan fingerprint density at radius 2 is 2.14 bits per heavy atom. The summed E-state index contributed by atoms with van der Waals surface area (Å²) in [5.41, 5.74) is 2.14. The summed E-state index contributed by atoms with van der Waals surface area (Å²) in [6.45, 7) is 1.48. The van der Waals surface area contributed by atoms with Crippen LogP contribution in [0.2, 0.25) is 0 Å². The van der Waals surface area contributed by atoms with Gasteiger partial charge in [-0.1, -0.05) is 15.9 Å². The summed E-state index contributed by atoms with van der Waals surface area (Å²) in [5, 5.41) is 16.9. The molecule has 1 aliphatic rings. The molecule has 2 aromatic rings. The molecule has 0 bridgehead atoms. The van der Waals surface area contributed by atoms with E-state index in [1.54, 1.807) is 35.3 Å². The molecule has 118 valence electrons. The average Bonchev–Trinajstić information content (AvgIpc) is 3.04. The van der Waals surface area contributed by atoms with Crippen LogP contribution in [-0.2, 0) is 7.90 Å². The molecule has 0 saturated carbocycles. The fourth-order valence-corrected chi connectivity index (χ4v) is 3.22. The third-order valence-corrected chi connectivity index (χ3v) is 4.55. The normalized spacial score (nSPS) is 16.0. The van der Waals surface area contributed by atoms with Crippen LogP contribution in [0, 0.1) is 5.21 Å². The molecule has 0 atom stereocenters. The van der Waals surface area contributed by atoms with Gasteiger partial charge in [-0.2, -0.15) is 5.10 Å². The lowest BCUT2D eigenvalue weighted by atomic mass is 10.1. The highest BCUT2D eigenvalue weighted by Gasteiger charge is 2.21. The van der Waals surface area contributed by atoms with E-state index < -0.39 is 0 Å². The van der Waals surface area contributed by atoms with Crippen molar-refractivity contribution in [3.8, 4) is 11.3 Å². The first-order valence-corrected chi connectivity index (χ1v) is 8.55. The van der Waals surface area contributed by atoms with Gasteiger partial charge in [0.25, 0.3) is 0 Å².